The van der Waals surface area contributed by atoms with Crippen molar-refractivity contribution in [3.05, 3.63) is 70.7 Å². The number of nitrogens with zero attached hydrogens (tertiary/aromatic N) is 2. The zero-order chi connectivity index (χ0) is 25.7. The van der Waals surface area contributed by atoms with E-state index in [4.69, 9.17) is 10.5 Å². The van der Waals surface area contributed by atoms with E-state index in [1.807, 2.05) is 39.3 Å². The maximum Gasteiger partial charge on any atom is 0.222 e. The van der Waals surface area contributed by atoms with Crippen molar-refractivity contribution in [3.8, 4) is 22.3 Å². The van der Waals surface area contributed by atoms with Crippen LogP contribution in [-0.4, -0.2) is 57.1 Å². The fraction of sp³-hybridized carbons (Fsp3) is 0.379. The number of likely N-dealkylation sites (N-methyl/N-ethyl adjacent to an activating group) is 1. The monoisotopic (exact) mass is 490 g/mol. The first-order chi connectivity index (χ1) is 17.4. The number of aromatic nitrogens is 1. The fourth-order valence-corrected chi connectivity index (χ4v) is 4.96. The van der Waals surface area contributed by atoms with E-state index in [1.54, 1.807) is 12.1 Å². The average molecular weight is 491 g/mol. The van der Waals surface area contributed by atoms with Crippen molar-refractivity contribution in [2.24, 2.45) is 0 Å². The number of rotatable bonds is 9. The lowest BCUT2D eigenvalue weighted by Gasteiger charge is -2.26. The van der Waals surface area contributed by atoms with Crippen LogP contribution < -0.4 is 11.1 Å². The lowest BCUT2D eigenvalue weighted by atomic mass is 9.86. The van der Waals surface area contributed by atoms with E-state index >= 15 is 4.39 Å². The molecule has 0 aliphatic carbocycles. The minimum Gasteiger partial charge on any atom is -0.383 e. The topological polar surface area (TPSA) is 80.5 Å². The quantitative estimate of drug-likeness (QED) is 0.335. The summed E-state index contributed by atoms with van der Waals surface area (Å²) in [5, 5.41) is 3.11. The minimum absolute atomic E-state index is 0.127. The van der Waals surface area contributed by atoms with Crippen LogP contribution in [0.5, 0.6) is 0 Å². The van der Waals surface area contributed by atoms with Crippen LogP contribution in [0, 0.1) is 5.95 Å². The Morgan fingerprint density at radius 2 is 1.78 bits per heavy atom. The number of aldehydes is 1. The molecular weight excluding hydrogens is 455 g/mol. The average Bonchev–Trinajstić information content (AvgIpc) is 2.87. The molecule has 36 heavy (non-hydrogen) atoms. The van der Waals surface area contributed by atoms with E-state index in [-0.39, 0.29) is 5.82 Å². The SMILES string of the molecule is CNCCc1cc(-c2cc(-c3ccc(C4CCOCC4)c(CN(C)C)c3)c(F)nc2N)ccc1C=O. The van der Waals surface area contributed by atoms with E-state index in [0.717, 1.165) is 62.1 Å². The number of hydrogen-bond acceptors (Lipinski definition) is 6. The van der Waals surface area contributed by atoms with Gasteiger partial charge in [0.25, 0.3) is 0 Å². The van der Waals surface area contributed by atoms with Crippen LogP contribution in [-0.2, 0) is 17.7 Å². The molecule has 0 spiro atoms. The maximum absolute atomic E-state index is 15.2. The van der Waals surface area contributed by atoms with Gasteiger partial charge in [-0.3, -0.25) is 4.79 Å². The highest BCUT2D eigenvalue weighted by Crippen LogP contribution is 2.36. The molecule has 190 valence electrons. The van der Waals surface area contributed by atoms with Crippen LogP contribution in [0.4, 0.5) is 10.2 Å². The summed E-state index contributed by atoms with van der Waals surface area (Å²) < 4.78 is 20.7. The maximum atomic E-state index is 15.2. The zero-order valence-corrected chi connectivity index (χ0v) is 21.3. The number of nitrogens with one attached hydrogen (secondary N) is 1. The van der Waals surface area contributed by atoms with Gasteiger partial charge >= 0.3 is 0 Å². The molecule has 0 radical (unpaired) electrons. The molecule has 1 fully saturated rings. The number of ether oxygens (including phenoxy) is 1. The molecule has 6 nitrogen and oxygen atoms in total. The second-order valence-electron chi connectivity index (χ2n) is 9.68. The van der Waals surface area contributed by atoms with Crippen LogP contribution in [0.1, 0.15) is 45.8 Å². The molecule has 3 aromatic rings. The van der Waals surface area contributed by atoms with Crippen LogP contribution in [0.2, 0.25) is 0 Å². The van der Waals surface area contributed by atoms with Crippen LogP contribution >= 0.6 is 0 Å². The molecule has 0 bridgehead atoms. The van der Waals surface area contributed by atoms with Crippen molar-refractivity contribution in [3.63, 3.8) is 0 Å². The molecule has 1 saturated heterocycles. The smallest absolute Gasteiger partial charge is 0.222 e. The molecule has 0 amide bonds. The molecule has 1 aromatic heterocycles. The van der Waals surface area contributed by atoms with Gasteiger partial charge < -0.3 is 20.7 Å². The van der Waals surface area contributed by atoms with E-state index in [0.29, 0.717) is 29.0 Å². The number of anilines is 1. The summed E-state index contributed by atoms with van der Waals surface area (Å²) in [6.45, 7) is 3.04. The molecule has 7 heteroatoms. The second-order valence-corrected chi connectivity index (χ2v) is 9.68. The number of carbonyl (C=O) groups is 1. The molecule has 2 aromatic carbocycles. The van der Waals surface area contributed by atoms with Gasteiger partial charge in [0, 0.05) is 36.4 Å². The van der Waals surface area contributed by atoms with Gasteiger partial charge in [-0.05, 0) is 92.8 Å². The standard InChI is InChI=1S/C29H35FN4O2/c1-32-11-8-20-14-22(4-5-23(20)18-35)27-16-26(28(30)33-29(27)31)21-6-7-25(19-9-12-36-13-10-19)24(15-21)17-34(2)3/h4-7,14-16,18-19,32H,8-13,17H2,1-3H3,(H2,31,33). The molecular formula is C29H35FN4O2. The molecule has 4 rings (SSSR count). The molecule has 0 unspecified atom stereocenters. The largest absolute Gasteiger partial charge is 0.383 e. The van der Waals surface area contributed by atoms with E-state index in [1.165, 1.54) is 11.1 Å². The Balaban J connectivity index is 1.77. The van der Waals surface area contributed by atoms with Gasteiger partial charge in [0.15, 0.2) is 0 Å². The van der Waals surface area contributed by atoms with Gasteiger partial charge in [-0.25, -0.2) is 4.98 Å². The second kappa shape index (κ2) is 11.7. The Morgan fingerprint density at radius 3 is 2.47 bits per heavy atom. The predicted octanol–water partition coefficient (Wildman–Crippen LogP) is 4.67. The number of hydrogen-bond donors (Lipinski definition) is 2. The number of halogens is 1. The third-order valence-corrected chi connectivity index (χ3v) is 6.83. The summed E-state index contributed by atoms with van der Waals surface area (Å²) in [7, 11) is 5.95. The first-order valence-corrected chi connectivity index (χ1v) is 12.5. The summed E-state index contributed by atoms with van der Waals surface area (Å²) in [6, 6.07) is 13.5. The number of nitrogens with two attached hydrogens (primary N) is 1. The highest BCUT2D eigenvalue weighted by Gasteiger charge is 2.21. The summed E-state index contributed by atoms with van der Waals surface area (Å²) in [6.07, 6.45) is 3.54. The van der Waals surface area contributed by atoms with E-state index < -0.39 is 5.95 Å². The van der Waals surface area contributed by atoms with Crippen LogP contribution in [0.3, 0.4) is 0 Å². The Hall–Kier alpha value is -3.13. The Labute approximate surface area is 212 Å². The van der Waals surface area contributed by atoms with Crippen LogP contribution in [0.15, 0.2) is 42.5 Å². The van der Waals surface area contributed by atoms with Gasteiger partial charge in [-0.15, -0.1) is 0 Å². The number of pyridine rings is 1. The summed E-state index contributed by atoms with van der Waals surface area (Å²) in [5.41, 5.74) is 12.9. The van der Waals surface area contributed by atoms with Gasteiger partial charge in [-0.1, -0.05) is 30.3 Å². The van der Waals surface area contributed by atoms with Crippen molar-refractivity contribution < 1.29 is 13.9 Å². The highest BCUT2D eigenvalue weighted by molar-refractivity contribution is 5.84. The molecule has 3 N–H and O–H groups in total. The predicted molar refractivity (Wildman–Crippen MR) is 143 cm³/mol. The lowest BCUT2D eigenvalue weighted by Crippen LogP contribution is -2.18. The first-order valence-electron chi connectivity index (χ1n) is 12.5. The van der Waals surface area contributed by atoms with Crippen molar-refractivity contribution in [2.75, 3.05) is 46.6 Å². The highest BCUT2D eigenvalue weighted by atomic mass is 19.1. The summed E-state index contributed by atoms with van der Waals surface area (Å²) in [5.74, 6) is -0.0205. The Kier molecular flexibility index (Phi) is 8.46. The van der Waals surface area contributed by atoms with Gasteiger partial charge in [0.05, 0.1) is 0 Å². The normalized spacial score (nSPS) is 14.4. The zero-order valence-electron chi connectivity index (χ0n) is 21.3. The first kappa shape index (κ1) is 25.9. The Morgan fingerprint density at radius 1 is 1.08 bits per heavy atom. The van der Waals surface area contributed by atoms with Gasteiger partial charge in [0.2, 0.25) is 5.95 Å². The lowest BCUT2D eigenvalue weighted by molar-refractivity contribution is 0.0850. The third-order valence-electron chi connectivity index (χ3n) is 6.83. The van der Waals surface area contributed by atoms with Crippen molar-refractivity contribution in [2.45, 2.75) is 31.7 Å². The number of carbonyl (C=O) groups excluding carboxylic acids is 1. The van der Waals surface area contributed by atoms with Crippen molar-refractivity contribution >= 4 is 12.1 Å². The van der Waals surface area contributed by atoms with Gasteiger partial charge in [0.1, 0.15) is 12.1 Å². The van der Waals surface area contributed by atoms with E-state index in [2.05, 4.69) is 27.3 Å². The molecule has 1 aliphatic rings. The number of nitrogen functional groups attached to an aromatic ring is 1. The summed E-state index contributed by atoms with van der Waals surface area (Å²) in [4.78, 5) is 17.7. The molecule has 0 saturated carbocycles. The molecule has 1 aliphatic heterocycles. The fourth-order valence-electron chi connectivity index (χ4n) is 4.96. The van der Waals surface area contributed by atoms with Gasteiger partial charge in [-0.2, -0.15) is 4.39 Å². The Bertz CT molecular complexity index is 1220. The van der Waals surface area contributed by atoms with Crippen molar-refractivity contribution in [1.82, 2.24) is 15.2 Å². The third kappa shape index (κ3) is 5.81. The van der Waals surface area contributed by atoms with E-state index in [9.17, 15) is 4.79 Å². The van der Waals surface area contributed by atoms with Crippen molar-refractivity contribution in [1.29, 1.82) is 0 Å². The number of benzene rings is 2. The summed E-state index contributed by atoms with van der Waals surface area (Å²) >= 11 is 0. The molecule has 2 heterocycles. The minimum atomic E-state index is -0.592. The van der Waals surface area contributed by atoms with Crippen LogP contribution in [0.25, 0.3) is 22.3 Å². The molecule has 0 atom stereocenters.